The molecule has 0 spiro atoms. The second-order valence-electron chi connectivity index (χ2n) is 7.71. The van der Waals surface area contributed by atoms with Gasteiger partial charge < -0.3 is 25.4 Å². The van der Waals surface area contributed by atoms with Crippen LogP contribution >= 0.6 is 12.4 Å². The first-order valence-electron chi connectivity index (χ1n) is 10.1. The third-order valence-electron chi connectivity index (χ3n) is 6.04. The number of halogens is 1. The van der Waals surface area contributed by atoms with Gasteiger partial charge in [0.05, 0.1) is 14.2 Å². The van der Waals surface area contributed by atoms with Gasteiger partial charge in [0.2, 0.25) is 5.91 Å². The third kappa shape index (κ3) is 5.54. The van der Waals surface area contributed by atoms with Crippen LogP contribution in [0.3, 0.4) is 0 Å². The van der Waals surface area contributed by atoms with E-state index in [0.29, 0.717) is 55.5 Å². The predicted molar refractivity (Wildman–Crippen MR) is 114 cm³/mol. The van der Waals surface area contributed by atoms with Gasteiger partial charge in [0, 0.05) is 36.7 Å². The maximum Gasteiger partial charge on any atom is 0.254 e. The number of hydrogen-bond acceptors (Lipinski definition) is 5. The highest BCUT2D eigenvalue weighted by Gasteiger charge is 2.32. The highest BCUT2D eigenvalue weighted by atomic mass is 35.5. The average molecular weight is 426 g/mol. The molecule has 2 aliphatic rings. The number of benzene rings is 1. The summed E-state index contributed by atoms with van der Waals surface area (Å²) in [6.45, 7) is 1.77. The monoisotopic (exact) mass is 425 g/mol. The van der Waals surface area contributed by atoms with Gasteiger partial charge in [-0.25, -0.2) is 0 Å². The van der Waals surface area contributed by atoms with E-state index in [1.165, 1.54) is 0 Å². The molecule has 0 radical (unpaired) electrons. The summed E-state index contributed by atoms with van der Waals surface area (Å²) in [7, 11) is 3.12. The topological polar surface area (TPSA) is 93.9 Å². The molecule has 2 fully saturated rings. The number of piperidine rings is 1. The summed E-state index contributed by atoms with van der Waals surface area (Å²) in [5.74, 6) is 1.58. The Labute approximate surface area is 178 Å². The number of ether oxygens (including phenoxy) is 2. The largest absolute Gasteiger partial charge is 0.497 e. The quantitative estimate of drug-likeness (QED) is 0.728. The zero-order valence-corrected chi connectivity index (χ0v) is 18.0. The molecule has 7 nitrogen and oxygen atoms in total. The van der Waals surface area contributed by atoms with Crippen molar-refractivity contribution >= 4 is 24.2 Å². The lowest BCUT2D eigenvalue weighted by Crippen LogP contribution is -2.47. The van der Waals surface area contributed by atoms with Crippen LogP contribution in [0.2, 0.25) is 0 Å². The molecule has 0 aromatic heterocycles. The zero-order valence-electron chi connectivity index (χ0n) is 17.2. The first kappa shape index (κ1) is 23.3. The number of likely N-dealkylation sites (tertiary alicyclic amines) is 1. The van der Waals surface area contributed by atoms with Crippen molar-refractivity contribution in [3.8, 4) is 11.5 Å². The van der Waals surface area contributed by atoms with E-state index in [-0.39, 0.29) is 36.2 Å². The normalized spacial score (nSPS) is 22.0. The summed E-state index contributed by atoms with van der Waals surface area (Å²) in [6, 6.07) is 5.39. The Morgan fingerprint density at radius 1 is 1.07 bits per heavy atom. The van der Waals surface area contributed by atoms with Crippen LogP contribution < -0.4 is 20.5 Å². The van der Waals surface area contributed by atoms with Gasteiger partial charge in [0.25, 0.3) is 5.91 Å². The lowest BCUT2D eigenvalue weighted by Gasteiger charge is -2.32. The van der Waals surface area contributed by atoms with Crippen LogP contribution in [0.25, 0.3) is 0 Å². The molecule has 162 valence electrons. The van der Waals surface area contributed by atoms with E-state index in [9.17, 15) is 9.59 Å². The Hall–Kier alpha value is -1.99. The first-order chi connectivity index (χ1) is 13.5. The first-order valence-corrected chi connectivity index (χ1v) is 10.1. The molecule has 1 saturated carbocycles. The molecule has 1 aromatic rings. The number of nitrogens with zero attached hydrogens (tertiary/aromatic N) is 1. The fraction of sp³-hybridized carbons (Fsp3) is 0.619. The van der Waals surface area contributed by atoms with Crippen molar-refractivity contribution in [3.63, 3.8) is 0 Å². The van der Waals surface area contributed by atoms with E-state index in [2.05, 4.69) is 5.32 Å². The van der Waals surface area contributed by atoms with E-state index in [0.717, 1.165) is 19.3 Å². The Kier molecular flexibility index (Phi) is 8.59. The molecule has 0 bridgehead atoms. The summed E-state index contributed by atoms with van der Waals surface area (Å²) in [4.78, 5) is 27.3. The molecular weight excluding hydrogens is 394 g/mol. The maximum atomic E-state index is 12.9. The van der Waals surface area contributed by atoms with E-state index in [1.54, 1.807) is 37.3 Å². The Morgan fingerprint density at radius 3 is 2.24 bits per heavy atom. The number of hydrogen-bond donors (Lipinski definition) is 2. The molecule has 3 N–H and O–H groups in total. The van der Waals surface area contributed by atoms with Crippen molar-refractivity contribution in [3.05, 3.63) is 23.8 Å². The SMILES string of the molecule is COc1cc(OC)cc(C(=O)N2CCC(C(=O)NC3CCCC3CN)CC2)c1.Cl. The molecule has 2 amide bonds. The molecule has 1 saturated heterocycles. The lowest BCUT2D eigenvalue weighted by atomic mass is 9.94. The standard InChI is InChI=1S/C21H31N3O4.ClH/c1-27-17-10-16(11-18(12-17)28-2)21(26)24-8-6-14(7-9-24)20(25)23-19-5-3-4-15(19)13-22;/h10-12,14-15,19H,3-9,13,22H2,1-2H3,(H,23,25);1H. The minimum absolute atomic E-state index is 0. The van der Waals surface area contributed by atoms with Crippen molar-refractivity contribution in [2.24, 2.45) is 17.6 Å². The van der Waals surface area contributed by atoms with Gasteiger partial charge in [-0.1, -0.05) is 6.42 Å². The van der Waals surface area contributed by atoms with E-state index in [4.69, 9.17) is 15.2 Å². The molecule has 29 heavy (non-hydrogen) atoms. The molecule has 2 unspecified atom stereocenters. The predicted octanol–water partition coefficient (Wildman–Crippen LogP) is 2.22. The molecule has 3 rings (SSSR count). The molecule has 1 aliphatic carbocycles. The van der Waals surface area contributed by atoms with E-state index < -0.39 is 0 Å². The Balaban J connectivity index is 0.00000300. The third-order valence-corrected chi connectivity index (χ3v) is 6.04. The van der Waals surface area contributed by atoms with E-state index in [1.807, 2.05) is 0 Å². The molecule has 8 heteroatoms. The van der Waals surface area contributed by atoms with Crippen molar-refractivity contribution < 1.29 is 19.1 Å². The molecular formula is C21H32ClN3O4. The van der Waals surface area contributed by atoms with Crippen LogP contribution in [0.15, 0.2) is 18.2 Å². The maximum absolute atomic E-state index is 12.9. The van der Waals surface area contributed by atoms with Crippen LogP contribution in [-0.4, -0.2) is 56.6 Å². The average Bonchev–Trinajstić information content (AvgIpc) is 3.19. The molecule has 1 heterocycles. The van der Waals surface area contributed by atoms with Gasteiger partial charge in [-0.15, -0.1) is 12.4 Å². The number of carbonyl (C=O) groups is 2. The minimum Gasteiger partial charge on any atom is -0.497 e. The second-order valence-corrected chi connectivity index (χ2v) is 7.71. The van der Waals surface area contributed by atoms with Crippen LogP contribution in [0.4, 0.5) is 0 Å². The molecule has 2 atom stereocenters. The number of amides is 2. The summed E-state index contributed by atoms with van der Waals surface area (Å²) >= 11 is 0. The van der Waals surface area contributed by atoms with Crippen LogP contribution in [-0.2, 0) is 4.79 Å². The second kappa shape index (κ2) is 10.7. The van der Waals surface area contributed by atoms with Crippen LogP contribution in [0, 0.1) is 11.8 Å². The zero-order chi connectivity index (χ0) is 20.1. The lowest BCUT2D eigenvalue weighted by molar-refractivity contribution is -0.127. The van der Waals surface area contributed by atoms with E-state index >= 15 is 0 Å². The number of carbonyl (C=O) groups excluding carboxylic acids is 2. The summed E-state index contributed by atoms with van der Waals surface area (Å²) in [5.41, 5.74) is 6.35. The van der Waals surface area contributed by atoms with Crippen molar-refractivity contribution in [2.45, 2.75) is 38.1 Å². The Bertz CT molecular complexity index is 685. The highest BCUT2D eigenvalue weighted by Crippen LogP contribution is 2.27. The van der Waals surface area contributed by atoms with Gasteiger partial charge in [-0.05, 0) is 50.3 Å². The highest BCUT2D eigenvalue weighted by molar-refractivity contribution is 5.95. The van der Waals surface area contributed by atoms with Gasteiger partial charge in [-0.3, -0.25) is 9.59 Å². The van der Waals surface area contributed by atoms with Crippen LogP contribution in [0.5, 0.6) is 11.5 Å². The van der Waals surface area contributed by atoms with Crippen molar-refractivity contribution in [1.82, 2.24) is 10.2 Å². The van der Waals surface area contributed by atoms with Gasteiger partial charge in [0.15, 0.2) is 0 Å². The summed E-state index contributed by atoms with van der Waals surface area (Å²) in [5, 5.41) is 3.20. The fourth-order valence-corrected chi connectivity index (χ4v) is 4.27. The van der Waals surface area contributed by atoms with Gasteiger partial charge >= 0.3 is 0 Å². The number of nitrogens with one attached hydrogen (secondary N) is 1. The van der Waals surface area contributed by atoms with Crippen LogP contribution in [0.1, 0.15) is 42.5 Å². The summed E-state index contributed by atoms with van der Waals surface area (Å²) < 4.78 is 10.5. The number of rotatable bonds is 6. The van der Waals surface area contributed by atoms with Gasteiger partial charge in [-0.2, -0.15) is 0 Å². The molecule has 1 aromatic carbocycles. The van der Waals surface area contributed by atoms with Gasteiger partial charge in [0.1, 0.15) is 11.5 Å². The smallest absolute Gasteiger partial charge is 0.254 e. The summed E-state index contributed by atoms with van der Waals surface area (Å²) in [6.07, 6.45) is 4.60. The van der Waals surface area contributed by atoms with Crippen molar-refractivity contribution in [2.75, 3.05) is 33.9 Å². The fourth-order valence-electron chi connectivity index (χ4n) is 4.27. The van der Waals surface area contributed by atoms with Crippen molar-refractivity contribution in [1.29, 1.82) is 0 Å². The number of methoxy groups -OCH3 is 2. The number of nitrogens with two attached hydrogens (primary N) is 1. The minimum atomic E-state index is -0.0601. The molecule has 1 aliphatic heterocycles. The Morgan fingerprint density at radius 2 is 1.69 bits per heavy atom.